The molecule has 1 aromatic rings. The van der Waals surface area contributed by atoms with Gasteiger partial charge in [-0.15, -0.1) is 0 Å². The van der Waals surface area contributed by atoms with E-state index >= 15 is 0 Å². The minimum atomic E-state index is -0.983. The standard InChI is InChI=1S/C15H21NO6/c1-21-11-8-12(17)16(14(11)18)13(22-2)7-9-3-5-10(6-4-9)15(19)20/h3-6,11-14,17-18H,7-8H2,1-2H3,(H,19,20)/t11-,12-,13-,14-/m0/s1. The summed E-state index contributed by atoms with van der Waals surface area (Å²) in [5.74, 6) is -0.983. The van der Waals surface area contributed by atoms with E-state index in [0.29, 0.717) is 12.8 Å². The normalized spacial score (nSPS) is 27.0. The molecule has 122 valence electrons. The lowest BCUT2D eigenvalue weighted by molar-refractivity contribution is -0.168. The van der Waals surface area contributed by atoms with Gasteiger partial charge in [0, 0.05) is 27.1 Å². The number of benzene rings is 1. The molecule has 0 amide bonds. The van der Waals surface area contributed by atoms with Gasteiger partial charge in [-0.25, -0.2) is 9.69 Å². The molecule has 7 nitrogen and oxygen atoms in total. The summed E-state index contributed by atoms with van der Waals surface area (Å²) in [5.41, 5.74) is 1.05. The molecular formula is C15H21NO6. The van der Waals surface area contributed by atoms with Gasteiger partial charge in [-0.2, -0.15) is 0 Å². The Bertz CT molecular complexity index is 505. The van der Waals surface area contributed by atoms with E-state index in [2.05, 4.69) is 0 Å². The zero-order chi connectivity index (χ0) is 16.3. The highest BCUT2D eigenvalue weighted by Crippen LogP contribution is 2.27. The third-order valence-electron chi connectivity index (χ3n) is 3.94. The van der Waals surface area contributed by atoms with Gasteiger partial charge in [0.05, 0.1) is 5.56 Å². The topological polar surface area (TPSA) is 99.5 Å². The number of hydrogen-bond donors (Lipinski definition) is 3. The highest BCUT2D eigenvalue weighted by atomic mass is 16.5. The van der Waals surface area contributed by atoms with Crippen molar-refractivity contribution >= 4 is 5.97 Å². The summed E-state index contributed by atoms with van der Waals surface area (Å²) < 4.78 is 10.5. The molecule has 0 unspecified atom stereocenters. The zero-order valence-corrected chi connectivity index (χ0v) is 12.5. The molecule has 0 radical (unpaired) electrons. The molecule has 0 bridgehead atoms. The number of aliphatic hydroxyl groups is 2. The Hall–Kier alpha value is -1.51. The maximum Gasteiger partial charge on any atom is 0.335 e. The van der Waals surface area contributed by atoms with Crippen molar-refractivity contribution in [2.24, 2.45) is 0 Å². The van der Waals surface area contributed by atoms with E-state index in [1.54, 1.807) is 12.1 Å². The van der Waals surface area contributed by atoms with Gasteiger partial charge in [0.25, 0.3) is 0 Å². The first-order valence-electron chi connectivity index (χ1n) is 6.99. The SMILES string of the molecule is CO[C@H]1C[C@H](O)N([C@H](Cc2ccc(C(=O)O)cc2)OC)[C@H]1O. The second kappa shape index (κ2) is 7.17. The van der Waals surface area contributed by atoms with Gasteiger partial charge in [-0.3, -0.25) is 0 Å². The summed E-state index contributed by atoms with van der Waals surface area (Å²) in [7, 11) is 2.98. The molecule has 0 saturated carbocycles. The lowest BCUT2D eigenvalue weighted by Gasteiger charge is -2.32. The number of aromatic carboxylic acids is 1. The maximum absolute atomic E-state index is 10.8. The number of methoxy groups -OCH3 is 2. The van der Waals surface area contributed by atoms with Crippen molar-refractivity contribution in [3.63, 3.8) is 0 Å². The van der Waals surface area contributed by atoms with Crippen molar-refractivity contribution in [1.29, 1.82) is 0 Å². The van der Waals surface area contributed by atoms with Crippen molar-refractivity contribution in [3.05, 3.63) is 35.4 Å². The number of carboxylic acids is 1. The molecule has 0 aliphatic carbocycles. The van der Waals surface area contributed by atoms with E-state index in [-0.39, 0.29) is 5.56 Å². The number of nitrogens with zero attached hydrogens (tertiary/aromatic N) is 1. The number of rotatable bonds is 6. The van der Waals surface area contributed by atoms with Gasteiger partial charge < -0.3 is 24.8 Å². The third-order valence-corrected chi connectivity index (χ3v) is 3.94. The first kappa shape index (κ1) is 16.9. The fraction of sp³-hybridized carbons (Fsp3) is 0.533. The molecule has 7 heteroatoms. The van der Waals surface area contributed by atoms with Gasteiger partial charge in [0.15, 0.2) is 0 Å². The Balaban J connectivity index is 2.10. The van der Waals surface area contributed by atoms with Gasteiger partial charge in [-0.1, -0.05) is 12.1 Å². The molecule has 0 spiro atoms. The number of hydrogen-bond acceptors (Lipinski definition) is 6. The van der Waals surface area contributed by atoms with Crippen LogP contribution in [0.15, 0.2) is 24.3 Å². The van der Waals surface area contributed by atoms with Crippen LogP contribution in [-0.2, 0) is 15.9 Å². The Morgan fingerprint density at radius 3 is 2.41 bits per heavy atom. The number of carbonyl (C=O) groups is 1. The van der Waals surface area contributed by atoms with E-state index in [0.717, 1.165) is 5.56 Å². The van der Waals surface area contributed by atoms with Crippen LogP contribution in [0.2, 0.25) is 0 Å². The van der Waals surface area contributed by atoms with E-state index in [1.807, 2.05) is 0 Å². The minimum absolute atomic E-state index is 0.207. The Kier molecular flexibility index (Phi) is 5.49. The van der Waals surface area contributed by atoms with Gasteiger partial charge in [0.1, 0.15) is 24.8 Å². The van der Waals surface area contributed by atoms with Crippen LogP contribution in [-0.4, -0.2) is 65.2 Å². The summed E-state index contributed by atoms with van der Waals surface area (Å²) in [5, 5.41) is 29.2. The molecule has 22 heavy (non-hydrogen) atoms. The minimum Gasteiger partial charge on any atom is -0.478 e. The predicted octanol–water partition coefficient (Wildman–Crippen LogP) is 0.257. The molecule has 4 atom stereocenters. The van der Waals surface area contributed by atoms with Crippen LogP contribution in [0.3, 0.4) is 0 Å². The van der Waals surface area contributed by atoms with Crippen LogP contribution >= 0.6 is 0 Å². The molecule has 1 heterocycles. The summed E-state index contributed by atoms with van der Waals surface area (Å²) in [6, 6.07) is 6.41. The second-order valence-corrected chi connectivity index (χ2v) is 5.25. The van der Waals surface area contributed by atoms with Crippen LogP contribution in [0.4, 0.5) is 0 Å². The fourth-order valence-corrected chi connectivity index (χ4v) is 2.70. The number of carboxylic acid groups (broad SMARTS) is 1. The molecule has 3 N–H and O–H groups in total. The maximum atomic E-state index is 10.8. The van der Waals surface area contributed by atoms with Crippen molar-refractivity contribution < 1.29 is 29.6 Å². The molecule has 1 aromatic carbocycles. The monoisotopic (exact) mass is 311 g/mol. The first-order chi connectivity index (χ1) is 10.5. The molecule has 0 aromatic heterocycles. The average Bonchev–Trinajstić information content (AvgIpc) is 2.80. The molecule has 1 fully saturated rings. The van der Waals surface area contributed by atoms with Crippen LogP contribution in [0.1, 0.15) is 22.3 Å². The number of ether oxygens (including phenoxy) is 2. The van der Waals surface area contributed by atoms with Crippen molar-refractivity contribution in [2.45, 2.75) is 37.6 Å². The number of likely N-dealkylation sites (tertiary alicyclic amines) is 1. The second-order valence-electron chi connectivity index (χ2n) is 5.25. The van der Waals surface area contributed by atoms with E-state index < -0.39 is 30.8 Å². The molecule has 2 rings (SSSR count). The van der Waals surface area contributed by atoms with Crippen LogP contribution in [0, 0.1) is 0 Å². The first-order valence-corrected chi connectivity index (χ1v) is 6.99. The summed E-state index contributed by atoms with van der Waals surface area (Å²) >= 11 is 0. The molecular weight excluding hydrogens is 290 g/mol. The largest absolute Gasteiger partial charge is 0.478 e. The Morgan fingerprint density at radius 2 is 1.95 bits per heavy atom. The highest BCUT2D eigenvalue weighted by molar-refractivity contribution is 5.87. The highest BCUT2D eigenvalue weighted by Gasteiger charge is 2.43. The Labute approximate surface area is 128 Å². The summed E-state index contributed by atoms with van der Waals surface area (Å²) in [6.45, 7) is 0. The average molecular weight is 311 g/mol. The Morgan fingerprint density at radius 1 is 1.32 bits per heavy atom. The molecule has 1 saturated heterocycles. The number of aliphatic hydroxyl groups excluding tert-OH is 2. The van der Waals surface area contributed by atoms with Crippen LogP contribution < -0.4 is 0 Å². The van der Waals surface area contributed by atoms with E-state index in [1.165, 1.54) is 31.3 Å². The van der Waals surface area contributed by atoms with E-state index in [4.69, 9.17) is 14.6 Å². The molecule has 1 aliphatic rings. The van der Waals surface area contributed by atoms with Gasteiger partial charge in [0.2, 0.25) is 0 Å². The van der Waals surface area contributed by atoms with E-state index in [9.17, 15) is 15.0 Å². The summed E-state index contributed by atoms with van der Waals surface area (Å²) in [4.78, 5) is 12.3. The smallest absolute Gasteiger partial charge is 0.335 e. The molecule has 1 aliphatic heterocycles. The lowest BCUT2D eigenvalue weighted by Crippen LogP contribution is -2.48. The van der Waals surface area contributed by atoms with Crippen LogP contribution in [0.5, 0.6) is 0 Å². The zero-order valence-electron chi connectivity index (χ0n) is 12.5. The third kappa shape index (κ3) is 3.45. The van der Waals surface area contributed by atoms with Gasteiger partial charge in [-0.05, 0) is 17.7 Å². The fourth-order valence-electron chi connectivity index (χ4n) is 2.70. The lowest BCUT2D eigenvalue weighted by atomic mass is 10.1. The quantitative estimate of drug-likeness (QED) is 0.693. The van der Waals surface area contributed by atoms with Crippen molar-refractivity contribution in [1.82, 2.24) is 4.90 Å². The predicted molar refractivity (Wildman–Crippen MR) is 77.2 cm³/mol. The summed E-state index contributed by atoms with van der Waals surface area (Å²) in [6.07, 6.45) is -2.12. The van der Waals surface area contributed by atoms with Crippen molar-refractivity contribution in [3.8, 4) is 0 Å². The van der Waals surface area contributed by atoms with Crippen LogP contribution in [0.25, 0.3) is 0 Å². The van der Waals surface area contributed by atoms with Crippen molar-refractivity contribution in [2.75, 3.05) is 14.2 Å². The van der Waals surface area contributed by atoms with Gasteiger partial charge >= 0.3 is 5.97 Å².